The Balaban J connectivity index is 2.46. The molecule has 13 heavy (non-hydrogen) atoms. The van der Waals surface area contributed by atoms with Gasteiger partial charge < -0.3 is 5.73 Å². The number of nitrogens with zero attached hydrogens (tertiary/aromatic N) is 2. The molecule has 2 heterocycles. The lowest BCUT2D eigenvalue weighted by Crippen LogP contribution is -1.88. The van der Waals surface area contributed by atoms with Gasteiger partial charge in [0.1, 0.15) is 10.8 Å². The van der Waals surface area contributed by atoms with Gasteiger partial charge >= 0.3 is 0 Å². The lowest BCUT2D eigenvalue weighted by atomic mass is 10.3. The van der Waals surface area contributed by atoms with Crippen LogP contribution in [0.3, 0.4) is 0 Å². The van der Waals surface area contributed by atoms with Crippen molar-refractivity contribution < 1.29 is 0 Å². The fourth-order valence-electron chi connectivity index (χ4n) is 1.07. The minimum atomic E-state index is 0.533. The van der Waals surface area contributed by atoms with E-state index in [1.54, 1.807) is 17.5 Å². The van der Waals surface area contributed by atoms with E-state index in [1.165, 1.54) is 0 Å². The van der Waals surface area contributed by atoms with Crippen LogP contribution in [0.15, 0.2) is 23.7 Å². The van der Waals surface area contributed by atoms with Crippen molar-refractivity contribution in [3.8, 4) is 10.6 Å². The smallest absolute Gasteiger partial charge is 0.123 e. The molecule has 0 bridgehead atoms. The van der Waals surface area contributed by atoms with Gasteiger partial charge in [-0.3, -0.25) is 0 Å². The zero-order valence-electron chi connectivity index (χ0n) is 7.19. The second kappa shape index (κ2) is 3.14. The summed E-state index contributed by atoms with van der Waals surface area (Å²) in [6.45, 7) is 1.98. The molecule has 0 fully saturated rings. The molecule has 0 aliphatic heterocycles. The van der Waals surface area contributed by atoms with Crippen LogP contribution >= 0.6 is 11.3 Å². The average Bonchev–Trinajstić information content (AvgIpc) is 2.52. The Morgan fingerprint density at radius 3 is 2.92 bits per heavy atom. The molecule has 0 aromatic carbocycles. The Kier molecular flexibility index (Phi) is 1.98. The number of aryl methyl sites for hydroxylation is 1. The molecule has 2 aromatic rings. The van der Waals surface area contributed by atoms with Gasteiger partial charge in [0.2, 0.25) is 0 Å². The highest BCUT2D eigenvalue weighted by molar-refractivity contribution is 7.13. The molecule has 0 radical (unpaired) electrons. The third-order valence-corrected chi connectivity index (χ3v) is 2.66. The molecule has 0 spiro atoms. The molecule has 0 atom stereocenters. The summed E-state index contributed by atoms with van der Waals surface area (Å²) in [7, 11) is 0. The van der Waals surface area contributed by atoms with Crippen LogP contribution in [-0.4, -0.2) is 9.97 Å². The summed E-state index contributed by atoms with van der Waals surface area (Å²) >= 11 is 1.62. The third-order valence-electron chi connectivity index (χ3n) is 1.65. The maximum absolute atomic E-state index is 5.57. The molecule has 4 heteroatoms. The van der Waals surface area contributed by atoms with Gasteiger partial charge in [0.25, 0.3) is 0 Å². The van der Waals surface area contributed by atoms with Gasteiger partial charge in [-0.2, -0.15) is 0 Å². The second-order valence-corrected chi connectivity index (χ2v) is 3.62. The lowest BCUT2D eigenvalue weighted by molar-refractivity contribution is 1.26. The van der Waals surface area contributed by atoms with E-state index in [2.05, 4.69) is 9.97 Å². The number of hydrogen-bond acceptors (Lipinski definition) is 4. The predicted octanol–water partition coefficient (Wildman–Crippen LogP) is 2.10. The van der Waals surface area contributed by atoms with E-state index in [0.717, 1.165) is 16.3 Å². The van der Waals surface area contributed by atoms with Gasteiger partial charge in [-0.1, -0.05) is 0 Å². The number of thiazole rings is 1. The van der Waals surface area contributed by atoms with Crippen LogP contribution in [0.5, 0.6) is 0 Å². The van der Waals surface area contributed by atoms with Crippen molar-refractivity contribution in [2.45, 2.75) is 6.92 Å². The van der Waals surface area contributed by atoms with E-state index in [-0.39, 0.29) is 0 Å². The minimum Gasteiger partial charge on any atom is -0.384 e. The fraction of sp³-hybridized carbons (Fsp3) is 0.111. The highest BCUT2D eigenvalue weighted by Crippen LogP contribution is 2.23. The van der Waals surface area contributed by atoms with Crippen LogP contribution in [-0.2, 0) is 0 Å². The number of rotatable bonds is 1. The first-order chi connectivity index (χ1) is 6.25. The molecule has 0 saturated heterocycles. The molecule has 2 N–H and O–H groups in total. The second-order valence-electron chi connectivity index (χ2n) is 2.76. The number of aromatic nitrogens is 2. The van der Waals surface area contributed by atoms with Crippen molar-refractivity contribution in [2.75, 3.05) is 5.73 Å². The number of nitrogens with two attached hydrogens (primary N) is 1. The van der Waals surface area contributed by atoms with E-state index < -0.39 is 0 Å². The normalized spacial score (nSPS) is 10.2. The van der Waals surface area contributed by atoms with Gasteiger partial charge in [0, 0.05) is 22.8 Å². The number of anilines is 1. The molecule has 0 aliphatic carbocycles. The van der Waals surface area contributed by atoms with Crippen molar-refractivity contribution in [1.82, 2.24) is 9.97 Å². The molecule has 0 amide bonds. The van der Waals surface area contributed by atoms with Gasteiger partial charge in [0.05, 0.1) is 0 Å². The minimum absolute atomic E-state index is 0.533. The van der Waals surface area contributed by atoms with Crippen LogP contribution in [0.25, 0.3) is 10.6 Å². The topological polar surface area (TPSA) is 51.8 Å². The Labute approximate surface area is 80.3 Å². The number of hydrogen-bond donors (Lipinski definition) is 1. The Bertz CT molecular complexity index is 422. The summed E-state index contributed by atoms with van der Waals surface area (Å²) in [5, 5.41) is 3.01. The third kappa shape index (κ3) is 1.67. The molecular weight excluding hydrogens is 182 g/mol. The highest BCUT2D eigenvalue weighted by Gasteiger charge is 2.01. The van der Waals surface area contributed by atoms with Crippen molar-refractivity contribution in [3.63, 3.8) is 0 Å². The number of nitrogen functional groups attached to an aromatic ring is 1. The Morgan fingerprint density at radius 1 is 1.46 bits per heavy atom. The van der Waals surface area contributed by atoms with Crippen LogP contribution in [0, 0.1) is 6.92 Å². The molecule has 0 saturated carbocycles. The SMILES string of the molecule is Cc1csc(-c2ccnc(N)c2)n1. The maximum atomic E-state index is 5.57. The van der Waals surface area contributed by atoms with E-state index >= 15 is 0 Å². The van der Waals surface area contributed by atoms with Crippen molar-refractivity contribution in [2.24, 2.45) is 0 Å². The zero-order valence-corrected chi connectivity index (χ0v) is 8.01. The number of pyridine rings is 1. The highest BCUT2D eigenvalue weighted by atomic mass is 32.1. The van der Waals surface area contributed by atoms with E-state index in [0.29, 0.717) is 5.82 Å². The van der Waals surface area contributed by atoms with Gasteiger partial charge in [-0.25, -0.2) is 9.97 Å². The largest absolute Gasteiger partial charge is 0.384 e. The predicted molar refractivity (Wildman–Crippen MR) is 54.5 cm³/mol. The van der Waals surface area contributed by atoms with Gasteiger partial charge in [-0.05, 0) is 19.1 Å². The first kappa shape index (κ1) is 8.19. The Hall–Kier alpha value is -1.42. The quantitative estimate of drug-likeness (QED) is 0.751. The van der Waals surface area contributed by atoms with E-state index in [1.807, 2.05) is 24.4 Å². The zero-order chi connectivity index (χ0) is 9.26. The average molecular weight is 191 g/mol. The van der Waals surface area contributed by atoms with E-state index in [9.17, 15) is 0 Å². The van der Waals surface area contributed by atoms with Crippen LogP contribution in [0.4, 0.5) is 5.82 Å². The van der Waals surface area contributed by atoms with Crippen molar-refractivity contribution in [1.29, 1.82) is 0 Å². The molecule has 0 unspecified atom stereocenters. The summed E-state index contributed by atoms with van der Waals surface area (Å²) in [5.41, 5.74) is 7.64. The molecule has 66 valence electrons. The molecular formula is C9H9N3S. The summed E-state index contributed by atoms with van der Waals surface area (Å²) in [6, 6.07) is 3.74. The fourth-order valence-corrected chi connectivity index (χ4v) is 1.86. The van der Waals surface area contributed by atoms with Crippen LogP contribution < -0.4 is 5.73 Å². The standard InChI is InChI=1S/C9H9N3S/c1-6-5-13-9(12-6)7-2-3-11-8(10)4-7/h2-5H,1H3,(H2,10,11). The lowest BCUT2D eigenvalue weighted by Gasteiger charge is -1.95. The first-order valence-electron chi connectivity index (χ1n) is 3.90. The summed E-state index contributed by atoms with van der Waals surface area (Å²) in [4.78, 5) is 8.28. The van der Waals surface area contributed by atoms with Gasteiger partial charge in [0.15, 0.2) is 0 Å². The van der Waals surface area contributed by atoms with Crippen molar-refractivity contribution in [3.05, 3.63) is 29.4 Å². The molecule has 0 aliphatic rings. The first-order valence-corrected chi connectivity index (χ1v) is 4.78. The molecule has 3 nitrogen and oxygen atoms in total. The van der Waals surface area contributed by atoms with Crippen LogP contribution in [0.2, 0.25) is 0 Å². The van der Waals surface area contributed by atoms with Gasteiger partial charge in [-0.15, -0.1) is 11.3 Å². The maximum Gasteiger partial charge on any atom is 0.123 e. The Morgan fingerprint density at radius 2 is 2.31 bits per heavy atom. The molecule has 2 aromatic heterocycles. The summed E-state index contributed by atoms with van der Waals surface area (Å²) in [6.07, 6.45) is 1.70. The van der Waals surface area contributed by atoms with Crippen LogP contribution in [0.1, 0.15) is 5.69 Å². The monoisotopic (exact) mass is 191 g/mol. The summed E-state index contributed by atoms with van der Waals surface area (Å²) < 4.78 is 0. The van der Waals surface area contributed by atoms with Crippen molar-refractivity contribution >= 4 is 17.2 Å². The van der Waals surface area contributed by atoms with E-state index in [4.69, 9.17) is 5.73 Å². The molecule has 2 rings (SSSR count). The summed E-state index contributed by atoms with van der Waals surface area (Å²) in [5.74, 6) is 0.533.